The van der Waals surface area contributed by atoms with E-state index in [1.165, 1.54) is 0 Å². The number of hydrogen-bond donors (Lipinski definition) is 0. The quantitative estimate of drug-likeness (QED) is 0.820. The van der Waals surface area contributed by atoms with Crippen LogP contribution in [0.5, 0.6) is 11.5 Å². The van der Waals surface area contributed by atoms with Crippen LogP contribution >= 0.6 is 0 Å². The lowest BCUT2D eigenvalue weighted by atomic mass is 10.1. The number of aryl methyl sites for hydroxylation is 1. The molecule has 25 heavy (non-hydrogen) atoms. The van der Waals surface area contributed by atoms with Crippen molar-refractivity contribution >= 4 is 10.0 Å². The topological polar surface area (TPSA) is 55.8 Å². The van der Waals surface area contributed by atoms with Crippen molar-refractivity contribution < 1.29 is 17.9 Å². The number of methoxy groups -OCH3 is 1. The Morgan fingerprint density at radius 2 is 1.48 bits per heavy atom. The summed E-state index contributed by atoms with van der Waals surface area (Å²) < 4.78 is 38.0. The molecule has 0 aromatic heterocycles. The van der Waals surface area contributed by atoms with E-state index < -0.39 is 10.0 Å². The second-order valence-corrected chi connectivity index (χ2v) is 8.15. The van der Waals surface area contributed by atoms with Gasteiger partial charge in [-0.1, -0.05) is 17.7 Å². The highest BCUT2D eigenvalue weighted by atomic mass is 32.2. The van der Waals surface area contributed by atoms with Gasteiger partial charge in [0, 0.05) is 13.1 Å². The van der Waals surface area contributed by atoms with E-state index in [0.29, 0.717) is 30.8 Å². The summed E-state index contributed by atoms with van der Waals surface area (Å²) in [7, 11) is -1.80. The van der Waals surface area contributed by atoms with Crippen LogP contribution in [0, 0.1) is 6.92 Å². The van der Waals surface area contributed by atoms with Gasteiger partial charge in [0.15, 0.2) is 0 Å². The Morgan fingerprint density at radius 3 is 2.04 bits per heavy atom. The van der Waals surface area contributed by atoms with Gasteiger partial charge in [-0.15, -0.1) is 0 Å². The molecule has 1 fully saturated rings. The highest BCUT2D eigenvalue weighted by Gasteiger charge is 2.30. The molecule has 134 valence electrons. The number of piperidine rings is 1. The second kappa shape index (κ2) is 7.45. The summed E-state index contributed by atoms with van der Waals surface area (Å²) in [5.74, 6) is 1.56. The molecule has 0 bridgehead atoms. The van der Waals surface area contributed by atoms with Crippen LogP contribution in [0.15, 0.2) is 53.4 Å². The number of hydrogen-bond acceptors (Lipinski definition) is 4. The molecule has 2 aromatic carbocycles. The Labute approximate surface area is 149 Å². The number of nitrogens with zero attached hydrogens (tertiary/aromatic N) is 1. The average Bonchev–Trinajstić information content (AvgIpc) is 2.63. The molecule has 1 aliphatic heterocycles. The summed E-state index contributed by atoms with van der Waals surface area (Å²) in [5.41, 5.74) is 1.05. The fraction of sp³-hybridized carbons (Fsp3) is 0.368. The molecule has 1 aliphatic rings. The zero-order valence-corrected chi connectivity index (χ0v) is 15.3. The molecule has 0 radical (unpaired) electrons. The van der Waals surface area contributed by atoms with Crippen molar-refractivity contribution in [3.63, 3.8) is 0 Å². The SMILES string of the molecule is COc1ccc(OC2CCN(S(=O)(=O)c3ccc(C)cc3)CC2)cc1. The predicted octanol–water partition coefficient (Wildman–Crippen LogP) is 3.24. The van der Waals surface area contributed by atoms with Crippen LogP contribution in [0.4, 0.5) is 0 Å². The molecule has 5 nitrogen and oxygen atoms in total. The first-order valence-corrected chi connectivity index (χ1v) is 9.80. The largest absolute Gasteiger partial charge is 0.497 e. The molecular formula is C19H23NO4S. The van der Waals surface area contributed by atoms with Crippen molar-refractivity contribution in [1.82, 2.24) is 4.31 Å². The first-order valence-electron chi connectivity index (χ1n) is 8.36. The van der Waals surface area contributed by atoms with E-state index >= 15 is 0 Å². The molecule has 2 aromatic rings. The van der Waals surface area contributed by atoms with E-state index in [0.717, 1.165) is 17.1 Å². The summed E-state index contributed by atoms with van der Waals surface area (Å²) in [6.45, 7) is 2.88. The number of sulfonamides is 1. The maximum Gasteiger partial charge on any atom is 0.243 e. The van der Waals surface area contributed by atoms with Crippen LogP contribution in [0.1, 0.15) is 18.4 Å². The second-order valence-electron chi connectivity index (χ2n) is 6.21. The van der Waals surface area contributed by atoms with Gasteiger partial charge in [-0.3, -0.25) is 0 Å². The monoisotopic (exact) mass is 361 g/mol. The standard InChI is InChI=1S/C19H23NO4S/c1-15-3-9-19(10-4-15)25(21,22)20-13-11-18(12-14-20)24-17-7-5-16(23-2)6-8-17/h3-10,18H,11-14H2,1-2H3. The summed E-state index contributed by atoms with van der Waals surface area (Å²) >= 11 is 0. The van der Waals surface area contributed by atoms with Crippen LogP contribution < -0.4 is 9.47 Å². The third-order valence-electron chi connectivity index (χ3n) is 4.42. The number of benzene rings is 2. The molecule has 0 atom stereocenters. The maximum atomic E-state index is 12.7. The number of ether oxygens (including phenoxy) is 2. The zero-order chi connectivity index (χ0) is 17.9. The molecule has 0 aliphatic carbocycles. The first kappa shape index (κ1) is 17.8. The average molecular weight is 361 g/mol. The van der Waals surface area contributed by atoms with Gasteiger partial charge in [0.1, 0.15) is 17.6 Å². The molecule has 0 saturated carbocycles. The third kappa shape index (κ3) is 4.14. The normalized spacial score (nSPS) is 16.6. The van der Waals surface area contributed by atoms with Crippen LogP contribution in [0.25, 0.3) is 0 Å². The van der Waals surface area contributed by atoms with Crippen molar-refractivity contribution in [2.45, 2.75) is 30.8 Å². The molecule has 0 N–H and O–H groups in total. The minimum absolute atomic E-state index is 0.0258. The molecular weight excluding hydrogens is 338 g/mol. The Balaban J connectivity index is 1.60. The Bertz CT molecular complexity index is 792. The lowest BCUT2D eigenvalue weighted by Crippen LogP contribution is -2.41. The van der Waals surface area contributed by atoms with Crippen molar-refractivity contribution in [1.29, 1.82) is 0 Å². The Morgan fingerprint density at radius 1 is 0.920 bits per heavy atom. The van der Waals surface area contributed by atoms with E-state index in [2.05, 4.69) is 0 Å². The summed E-state index contributed by atoms with van der Waals surface area (Å²) in [6.07, 6.45) is 1.38. The van der Waals surface area contributed by atoms with Gasteiger partial charge >= 0.3 is 0 Å². The summed E-state index contributed by atoms with van der Waals surface area (Å²) in [5, 5.41) is 0. The van der Waals surface area contributed by atoms with Gasteiger partial charge in [-0.05, 0) is 56.2 Å². The minimum atomic E-state index is -3.42. The Hall–Kier alpha value is -2.05. The van der Waals surface area contributed by atoms with Crippen LogP contribution in [0.3, 0.4) is 0 Å². The number of rotatable bonds is 5. The highest BCUT2D eigenvalue weighted by molar-refractivity contribution is 7.89. The van der Waals surface area contributed by atoms with E-state index in [1.807, 2.05) is 43.3 Å². The third-order valence-corrected chi connectivity index (χ3v) is 6.33. The molecule has 0 unspecified atom stereocenters. The summed E-state index contributed by atoms with van der Waals surface area (Å²) in [6, 6.07) is 14.4. The highest BCUT2D eigenvalue weighted by Crippen LogP contribution is 2.25. The molecule has 0 spiro atoms. The van der Waals surface area contributed by atoms with Gasteiger partial charge in [-0.25, -0.2) is 8.42 Å². The molecule has 6 heteroatoms. The Kier molecular flexibility index (Phi) is 5.30. The van der Waals surface area contributed by atoms with Gasteiger partial charge in [0.05, 0.1) is 12.0 Å². The van der Waals surface area contributed by atoms with Crippen LogP contribution in [0.2, 0.25) is 0 Å². The van der Waals surface area contributed by atoms with Crippen molar-refractivity contribution in [2.24, 2.45) is 0 Å². The van der Waals surface area contributed by atoms with Gasteiger partial charge in [0.25, 0.3) is 0 Å². The first-order chi connectivity index (χ1) is 12.0. The van der Waals surface area contributed by atoms with Crippen LogP contribution in [-0.2, 0) is 10.0 Å². The lowest BCUT2D eigenvalue weighted by Gasteiger charge is -2.31. The lowest BCUT2D eigenvalue weighted by molar-refractivity contribution is 0.135. The van der Waals surface area contributed by atoms with E-state index in [-0.39, 0.29) is 6.10 Å². The van der Waals surface area contributed by atoms with Crippen LogP contribution in [-0.4, -0.2) is 39.0 Å². The zero-order valence-electron chi connectivity index (χ0n) is 14.5. The smallest absolute Gasteiger partial charge is 0.243 e. The predicted molar refractivity (Wildman–Crippen MR) is 96.6 cm³/mol. The van der Waals surface area contributed by atoms with Crippen molar-refractivity contribution in [3.05, 3.63) is 54.1 Å². The fourth-order valence-electron chi connectivity index (χ4n) is 2.90. The molecule has 1 saturated heterocycles. The van der Waals surface area contributed by atoms with Gasteiger partial charge in [0.2, 0.25) is 10.0 Å². The molecule has 0 amide bonds. The molecule has 1 heterocycles. The van der Waals surface area contributed by atoms with E-state index in [9.17, 15) is 8.42 Å². The van der Waals surface area contributed by atoms with Gasteiger partial charge < -0.3 is 9.47 Å². The summed E-state index contributed by atoms with van der Waals surface area (Å²) in [4.78, 5) is 0.354. The van der Waals surface area contributed by atoms with E-state index in [4.69, 9.17) is 9.47 Å². The van der Waals surface area contributed by atoms with Crippen molar-refractivity contribution in [3.8, 4) is 11.5 Å². The minimum Gasteiger partial charge on any atom is -0.497 e. The maximum absolute atomic E-state index is 12.7. The molecule has 3 rings (SSSR count). The van der Waals surface area contributed by atoms with Gasteiger partial charge in [-0.2, -0.15) is 4.31 Å². The van der Waals surface area contributed by atoms with Crippen molar-refractivity contribution in [2.75, 3.05) is 20.2 Å². The van der Waals surface area contributed by atoms with E-state index in [1.54, 1.807) is 23.5 Å². The fourth-order valence-corrected chi connectivity index (χ4v) is 4.37.